The van der Waals surface area contributed by atoms with E-state index in [4.69, 9.17) is 0 Å². The van der Waals surface area contributed by atoms with Crippen LogP contribution in [0.15, 0.2) is 48.5 Å². The SMILES string of the molecule is Cc1ccc(NC(=O)CS(=O)(=O)Cc2cccc(C(=O)[O-])c2)cc1. The molecule has 126 valence electrons. The van der Waals surface area contributed by atoms with Gasteiger partial charge in [-0.1, -0.05) is 35.9 Å². The van der Waals surface area contributed by atoms with Crippen molar-refractivity contribution in [1.82, 2.24) is 0 Å². The Bertz CT molecular complexity index is 857. The molecule has 6 nitrogen and oxygen atoms in total. The van der Waals surface area contributed by atoms with Crippen LogP contribution >= 0.6 is 0 Å². The summed E-state index contributed by atoms with van der Waals surface area (Å²) in [5.41, 5.74) is 1.72. The number of anilines is 1. The average Bonchev–Trinajstić information content (AvgIpc) is 2.48. The van der Waals surface area contributed by atoms with Crippen LogP contribution in [0, 0.1) is 6.92 Å². The summed E-state index contributed by atoms with van der Waals surface area (Å²) < 4.78 is 24.2. The molecule has 7 heteroatoms. The monoisotopic (exact) mass is 346 g/mol. The summed E-state index contributed by atoms with van der Waals surface area (Å²) in [6, 6.07) is 12.4. The number of aryl methyl sites for hydroxylation is 1. The van der Waals surface area contributed by atoms with Gasteiger partial charge in [0.15, 0.2) is 9.84 Å². The number of aromatic carboxylic acids is 1. The predicted octanol–water partition coefficient (Wildman–Crippen LogP) is 0.912. The first-order valence-corrected chi connectivity index (χ1v) is 8.94. The molecule has 0 atom stereocenters. The van der Waals surface area contributed by atoms with Crippen LogP contribution in [0.5, 0.6) is 0 Å². The Kier molecular flexibility index (Phi) is 5.35. The predicted molar refractivity (Wildman–Crippen MR) is 88.1 cm³/mol. The fourth-order valence-electron chi connectivity index (χ4n) is 2.13. The van der Waals surface area contributed by atoms with E-state index in [9.17, 15) is 23.1 Å². The van der Waals surface area contributed by atoms with Crippen LogP contribution in [0.2, 0.25) is 0 Å². The Labute approximate surface area is 140 Å². The van der Waals surface area contributed by atoms with Crippen LogP contribution < -0.4 is 10.4 Å². The van der Waals surface area contributed by atoms with Gasteiger partial charge in [-0.2, -0.15) is 0 Å². The maximum atomic E-state index is 12.1. The van der Waals surface area contributed by atoms with Gasteiger partial charge in [0.2, 0.25) is 5.91 Å². The van der Waals surface area contributed by atoms with Crippen molar-refractivity contribution in [2.24, 2.45) is 0 Å². The van der Waals surface area contributed by atoms with Gasteiger partial charge < -0.3 is 15.2 Å². The molecule has 0 bridgehead atoms. The third-order valence-corrected chi connectivity index (χ3v) is 4.71. The third kappa shape index (κ3) is 5.20. The lowest BCUT2D eigenvalue weighted by molar-refractivity contribution is -0.255. The second-order valence-electron chi connectivity index (χ2n) is 5.43. The largest absolute Gasteiger partial charge is 0.545 e. The number of benzene rings is 2. The van der Waals surface area contributed by atoms with Crippen LogP contribution in [-0.4, -0.2) is 26.0 Å². The molecule has 2 rings (SSSR count). The van der Waals surface area contributed by atoms with Gasteiger partial charge in [0.05, 0.1) is 11.7 Å². The lowest BCUT2D eigenvalue weighted by atomic mass is 10.1. The highest BCUT2D eigenvalue weighted by molar-refractivity contribution is 7.91. The first-order valence-electron chi connectivity index (χ1n) is 7.12. The molecule has 0 heterocycles. The average molecular weight is 346 g/mol. The van der Waals surface area contributed by atoms with E-state index in [1.54, 1.807) is 24.3 Å². The lowest BCUT2D eigenvalue weighted by Gasteiger charge is -2.08. The number of hydrogen-bond acceptors (Lipinski definition) is 5. The molecule has 0 aliphatic carbocycles. The minimum atomic E-state index is -3.73. The maximum absolute atomic E-state index is 12.1. The quantitative estimate of drug-likeness (QED) is 0.837. The van der Waals surface area contributed by atoms with Crippen molar-refractivity contribution in [3.63, 3.8) is 0 Å². The molecule has 0 radical (unpaired) electrons. The minimum absolute atomic E-state index is 0.105. The minimum Gasteiger partial charge on any atom is -0.545 e. The van der Waals surface area contributed by atoms with E-state index < -0.39 is 33.2 Å². The zero-order chi connectivity index (χ0) is 17.7. The van der Waals surface area contributed by atoms with Crippen molar-refractivity contribution < 1.29 is 23.1 Å². The summed E-state index contributed by atoms with van der Waals surface area (Å²) >= 11 is 0. The van der Waals surface area contributed by atoms with Gasteiger partial charge in [-0.25, -0.2) is 8.42 Å². The molecule has 0 fully saturated rings. The first-order chi connectivity index (χ1) is 11.2. The van der Waals surface area contributed by atoms with Crippen LogP contribution in [0.25, 0.3) is 0 Å². The molecular weight excluding hydrogens is 330 g/mol. The van der Waals surface area contributed by atoms with Crippen LogP contribution in [0.1, 0.15) is 21.5 Å². The highest BCUT2D eigenvalue weighted by atomic mass is 32.2. The highest BCUT2D eigenvalue weighted by Crippen LogP contribution is 2.12. The Morgan fingerprint density at radius 2 is 1.75 bits per heavy atom. The Balaban J connectivity index is 2.02. The number of hydrogen-bond donors (Lipinski definition) is 1. The molecule has 0 aromatic heterocycles. The van der Waals surface area contributed by atoms with Gasteiger partial charge in [0.1, 0.15) is 5.75 Å². The molecule has 0 unspecified atom stereocenters. The van der Waals surface area contributed by atoms with Crippen molar-refractivity contribution in [2.45, 2.75) is 12.7 Å². The van der Waals surface area contributed by atoms with Gasteiger partial charge in [0, 0.05) is 5.69 Å². The fraction of sp³-hybridized carbons (Fsp3) is 0.176. The Morgan fingerprint density at radius 1 is 1.08 bits per heavy atom. The number of nitrogens with one attached hydrogen (secondary N) is 1. The van der Waals surface area contributed by atoms with Gasteiger partial charge in [-0.05, 0) is 36.2 Å². The summed E-state index contributed by atoms with van der Waals surface area (Å²) in [7, 11) is -3.73. The molecule has 2 aromatic carbocycles. The fourth-order valence-corrected chi connectivity index (χ4v) is 3.39. The smallest absolute Gasteiger partial charge is 0.239 e. The number of carbonyl (C=O) groups excluding carboxylic acids is 2. The van der Waals surface area contributed by atoms with Gasteiger partial charge in [-0.15, -0.1) is 0 Å². The third-order valence-electron chi connectivity index (χ3n) is 3.24. The number of rotatable bonds is 6. The number of sulfone groups is 1. The van der Waals surface area contributed by atoms with Crippen LogP contribution in [-0.2, 0) is 20.4 Å². The van der Waals surface area contributed by atoms with E-state index in [1.807, 2.05) is 6.92 Å². The summed E-state index contributed by atoms with van der Waals surface area (Å²) in [4.78, 5) is 22.7. The topological polar surface area (TPSA) is 103 Å². The standard InChI is InChI=1S/C17H17NO5S/c1-12-5-7-15(8-6-12)18-16(19)11-24(22,23)10-13-3-2-4-14(9-13)17(20)21/h2-9H,10-11H2,1H3,(H,18,19)(H,20,21)/p-1. The Hall–Kier alpha value is -2.67. The first kappa shape index (κ1) is 17.7. The summed E-state index contributed by atoms with van der Waals surface area (Å²) in [5.74, 6) is -3.13. The molecule has 0 aliphatic heterocycles. The summed E-state index contributed by atoms with van der Waals surface area (Å²) in [6.07, 6.45) is 0. The number of amides is 1. The van der Waals surface area contributed by atoms with E-state index >= 15 is 0 Å². The zero-order valence-electron chi connectivity index (χ0n) is 13.0. The van der Waals surface area contributed by atoms with Gasteiger partial charge in [0.25, 0.3) is 0 Å². The van der Waals surface area contributed by atoms with Crippen molar-refractivity contribution in [2.75, 3.05) is 11.1 Å². The second kappa shape index (κ2) is 7.27. The molecule has 0 saturated heterocycles. The molecule has 24 heavy (non-hydrogen) atoms. The van der Waals surface area contributed by atoms with E-state index in [0.717, 1.165) is 5.56 Å². The van der Waals surface area contributed by atoms with Crippen molar-refractivity contribution >= 4 is 27.4 Å². The van der Waals surface area contributed by atoms with E-state index in [2.05, 4.69) is 5.32 Å². The normalized spacial score (nSPS) is 11.0. The number of carboxylic acids is 1. The van der Waals surface area contributed by atoms with Gasteiger partial charge >= 0.3 is 0 Å². The van der Waals surface area contributed by atoms with Crippen molar-refractivity contribution in [3.8, 4) is 0 Å². The number of carbonyl (C=O) groups is 2. The Morgan fingerprint density at radius 3 is 2.38 bits per heavy atom. The molecular formula is C17H16NO5S-. The zero-order valence-corrected chi connectivity index (χ0v) is 13.8. The van der Waals surface area contributed by atoms with Crippen LogP contribution in [0.3, 0.4) is 0 Å². The lowest BCUT2D eigenvalue weighted by Crippen LogP contribution is -2.24. The van der Waals surface area contributed by atoms with Crippen molar-refractivity contribution in [1.29, 1.82) is 0 Å². The van der Waals surface area contributed by atoms with Crippen molar-refractivity contribution in [3.05, 3.63) is 65.2 Å². The second-order valence-corrected chi connectivity index (χ2v) is 7.50. The van der Waals surface area contributed by atoms with E-state index in [1.165, 1.54) is 24.3 Å². The summed E-state index contributed by atoms with van der Waals surface area (Å²) in [6.45, 7) is 1.90. The van der Waals surface area contributed by atoms with Gasteiger partial charge in [-0.3, -0.25) is 4.79 Å². The summed E-state index contributed by atoms with van der Waals surface area (Å²) in [5, 5.41) is 13.3. The van der Waals surface area contributed by atoms with E-state index in [-0.39, 0.29) is 5.56 Å². The molecule has 1 N–H and O–H groups in total. The molecule has 1 amide bonds. The maximum Gasteiger partial charge on any atom is 0.239 e. The highest BCUT2D eigenvalue weighted by Gasteiger charge is 2.18. The molecule has 0 saturated carbocycles. The van der Waals surface area contributed by atoms with E-state index in [0.29, 0.717) is 11.3 Å². The molecule has 0 aliphatic rings. The molecule has 0 spiro atoms. The molecule has 2 aromatic rings. The van der Waals surface area contributed by atoms with Crippen LogP contribution in [0.4, 0.5) is 5.69 Å². The number of carboxylic acid groups (broad SMARTS) is 1.